The van der Waals surface area contributed by atoms with Gasteiger partial charge in [-0.1, -0.05) is 22.9 Å². The van der Waals surface area contributed by atoms with E-state index in [-0.39, 0.29) is 22.5 Å². The zero-order chi connectivity index (χ0) is 15.1. The Hall–Kier alpha value is -0.750. The van der Waals surface area contributed by atoms with Crippen LogP contribution in [0.15, 0.2) is 22.7 Å². The molecule has 0 radical (unpaired) electrons. The number of nitrogens with zero attached hydrogens (tertiary/aromatic N) is 1. The molecule has 20 heavy (non-hydrogen) atoms. The Morgan fingerprint density at radius 3 is 2.55 bits per heavy atom. The number of benzene rings is 1. The third-order valence-electron chi connectivity index (χ3n) is 4.22. The van der Waals surface area contributed by atoms with Crippen LogP contribution in [0.2, 0.25) is 0 Å². The first-order chi connectivity index (χ1) is 9.21. The molecule has 0 amide bonds. The quantitative estimate of drug-likeness (QED) is 0.828. The van der Waals surface area contributed by atoms with E-state index in [9.17, 15) is 13.2 Å². The Morgan fingerprint density at radius 2 is 1.95 bits per heavy atom. The van der Waals surface area contributed by atoms with Crippen LogP contribution in [0.4, 0.5) is 18.9 Å². The van der Waals surface area contributed by atoms with Crippen molar-refractivity contribution in [3.8, 4) is 0 Å². The molecule has 0 aromatic heterocycles. The second-order valence-corrected chi connectivity index (χ2v) is 6.26. The van der Waals surface area contributed by atoms with Gasteiger partial charge in [-0.2, -0.15) is 13.2 Å². The maximum atomic E-state index is 13.0. The van der Waals surface area contributed by atoms with Gasteiger partial charge in [0, 0.05) is 28.8 Å². The molecule has 3 atom stereocenters. The molecule has 2 N–H and O–H groups in total. The lowest BCUT2D eigenvalue weighted by Crippen LogP contribution is -2.51. The van der Waals surface area contributed by atoms with Crippen LogP contribution < -0.4 is 10.6 Å². The molecule has 2 nitrogen and oxygen atoms in total. The molecule has 1 heterocycles. The van der Waals surface area contributed by atoms with Gasteiger partial charge in [0.15, 0.2) is 0 Å². The fourth-order valence-corrected chi connectivity index (χ4v) is 3.14. The van der Waals surface area contributed by atoms with Crippen LogP contribution >= 0.6 is 15.9 Å². The zero-order valence-electron chi connectivity index (χ0n) is 11.4. The van der Waals surface area contributed by atoms with Crippen LogP contribution in [0.3, 0.4) is 0 Å². The van der Waals surface area contributed by atoms with Gasteiger partial charge in [-0.05, 0) is 37.5 Å². The molecule has 6 heteroatoms. The monoisotopic (exact) mass is 350 g/mol. The van der Waals surface area contributed by atoms with Crippen LogP contribution in [0.5, 0.6) is 0 Å². The molecule has 112 valence electrons. The van der Waals surface area contributed by atoms with E-state index in [4.69, 9.17) is 5.73 Å². The molecule has 1 saturated heterocycles. The molecule has 0 aliphatic carbocycles. The first-order valence-corrected chi connectivity index (χ1v) is 7.40. The molecule has 0 saturated carbocycles. The second kappa shape index (κ2) is 5.56. The summed E-state index contributed by atoms with van der Waals surface area (Å²) >= 11 is 2.97. The molecular weight excluding hydrogens is 333 g/mol. The maximum absolute atomic E-state index is 13.0. The Morgan fingerprint density at radius 1 is 1.30 bits per heavy atom. The predicted octanol–water partition coefficient (Wildman–Crippen LogP) is 4.03. The van der Waals surface area contributed by atoms with Crippen molar-refractivity contribution in [1.29, 1.82) is 0 Å². The Kier molecular flexibility index (Phi) is 4.35. The van der Waals surface area contributed by atoms with Gasteiger partial charge in [0.05, 0.1) is 5.56 Å². The third kappa shape index (κ3) is 2.96. The van der Waals surface area contributed by atoms with Gasteiger partial charge in [0.1, 0.15) is 0 Å². The van der Waals surface area contributed by atoms with Crippen molar-refractivity contribution in [3.05, 3.63) is 28.2 Å². The van der Waals surface area contributed by atoms with E-state index in [0.29, 0.717) is 12.2 Å². The highest BCUT2D eigenvalue weighted by Gasteiger charge is 2.35. The number of alkyl halides is 3. The van der Waals surface area contributed by atoms with Crippen LogP contribution in [0, 0.1) is 5.92 Å². The smallest absolute Gasteiger partial charge is 0.368 e. The Labute approximate surface area is 125 Å². The van der Waals surface area contributed by atoms with Gasteiger partial charge < -0.3 is 10.6 Å². The summed E-state index contributed by atoms with van der Waals surface area (Å²) in [5.74, 6) is 0.252. The van der Waals surface area contributed by atoms with E-state index in [1.54, 1.807) is 6.07 Å². The van der Waals surface area contributed by atoms with E-state index in [1.165, 1.54) is 12.1 Å². The largest absolute Gasteiger partial charge is 0.417 e. The zero-order valence-corrected chi connectivity index (χ0v) is 13.0. The minimum atomic E-state index is -4.35. The van der Waals surface area contributed by atoms with E-state index >= 15 is 0 Å². The van der Waals surface area contributed by atoms with E-state index < -0.39 is 11.7 Å². The molecule has 1 aliphatic rings. The number of rotatable bonds is 1. The van der Waals surface area contributed by atoms with Gasteiger partial charge >= 0.3 is 6.18 Å². The minimum Gasteiger partial charge on any atom is -0.368 e. The van der Waals surface area contributed by atoms with Crippen LogP contribution in [0.25, 0.3) is 0 Å². The van der Waals surface area contributed by atoms with Crippen molar-refractivity contribution in [1.82, 2.24) is 0 Å². The number of piperidine rings is 1. The molecule has 2 rings (SSSR count). The molecule has 0 spiro atoms. The van der Waals surface area contributed by atoms with E-state index in [0.717, 1.165) is 6.42 Å². The summed E-state index contributed by atoms with van der Waals surface area (Å²) in [5, 5.41) is 0. The minimum absolute atomic E-state index is 0.0724. The Bertz CT molecular complexity index is 490. The molecule has 3 unspecified atom stereocenters. The fraction of sp³-hybridized carbons (Fsp3) is 0.571. The van der Waals surface area contributed by atoms with Gasteiger partial charge in [-0.15, -0.1) is 0 Å². The molecule has 1 fully saturated rings. The van der Waals surface area contributed by atoms with Crippen molar-refractivity contribution in [3.63, 3.8) is 0 Å². The standard InChI is InChI=1S/C14H18BrF3N2/c1-8-9(2)20(6-5-13(8)19)10-3-4-12(15)11(7-10)14(16,17)18/h3-4,7-9,13H,5-6,19H2,1-2H3. The predicted molar refractivity (Wildman–Crippen MR) is 77.7 cm³/mol. The van der Waals surface area contributed by atoms with Gasteiger partial charge in [0.25, 0.3) is 0 Å². The first-order valence-electron chi connectivity index (χ1n) is 6.60. The SMILES string of the molecule is CC1C(N)CCN(c2ccc(Br)c(C(F)(F)F)c2)C1C. The first kappa shape index (κ1) is 15.6. The summed E-state index contributed by atoms with van der Waals surface area (Å²) in [6.07, 6.45) is -3.56. The number of nitrogens with two attached hydrogens (primary N) is 1. The lowest BCUT2D eigenvalue weighted by atomic mass is 9.87. The van der Waals surface area contributed by atoms with Gasteiger partial charge in [0.2, 0.25) is 0 Å². The van der Waals surface area contributed by atoms with Crippen molar-refractivity contribution >= 4 is 21.6 Å². The molecule has 1 aromatic rings. The molecule has 0 bridgehead atoms. The number of halogens is 4. The number of anilines is 1. The van der Waals surface area contributed by atoms with E-state index in [1.807, 2.05) is 18.7 Å². The Balaban J connectivity index is 2.34. The average Bonchev–Trinajstić information content (AvgIpc) is 2.36. The summed E-state index contributed by atoms with van der Waals surface area (Å²) in [4.78, 5) is 2.01. The average molecular weight is 351 g/mol. The van der Waals surface area contributed by atoms with Crippen molar-refractivity contribution in [2.45, 2.75) is 38.5 Å². The molecular formula is C14H18BrF3N2. The highest BCUT2D eigenvalue weighted by Crippen LogP contribution is 2.38. The number of hydrogen-bond donors (Lipinski definition) is 1. The van der Waals surface area contributed by atoms with Crippen molar-refractivity contribution in [2.24, 2.45) is 11.7 Å². The summed E-state index contributed by atoms with van der Waals surface area (Å²) < 4.78 is 39.0. The fourth-order valence-electron chi connectivity index (χ4n) is 2.67. The summed E-state index contributed by atoms with van der Waals surface area (Å²) in [6.45, 7) is 4.75. The third-order valence-corrected chi connectivity index (χ3v) is 4.91. The lowest BCUT2D eigenvalue weighted by Gasteiger charge is -2.43. The summed E-state index contributed by atoms with van der Waals surface area (Å²) in [5.41, 5.74) is 5.99. The second-order valence-electron chi connectivity index (χ2n) is 5.41. The molecule has 1 aliphatic heterocycles. The van der Waals surface area contributed by atoms with Crippen molar-refractivity contribution < 1.29 is 13.2 Å². The van der Waals surface area contributed by atoms with Crippen LogP contribution in [-0.4, -0.2) is 18.6 Å². The lowest BCUT2D eigenvalue weighted by molar-refractivity contribution is -0.138. The maximum Gasteiger partial charge on any atom is 0.417 e. The number of hydrogen-bond acceptors (Lipinski definition) is 2. The van der Waals surface area contributed by atoms with Gasteiger partial charge in [-0.25, -0.2) is 0 Å². The normalized spacial score (nSPS) is 27.8. The van der Waals surface area contributed by atoms with Crippen LogP contribution in [-0.2, 0) is 6.18 Å². The highest BCUT2D eigenvalue weighted by molar-refractivity contribution is 9.10. The summed E-state index contributed by atoms with van der Waals surface area (Å²) in [6, 6.07) is 4.63. The topological polar surface area (TPSA) is 29.3 Å². The highest BCUT2D eigenvalue weighted by atomic mass is 79.9. The van der Waals surface area contributed by atoms with Gasteiger partial charge in [-0.3, -0.25) is 0 Å². The summed E-state index contributed by atoms with van der Waals surface area (Å²) in [7, 11) is 0. The molecule has 1 aromatic carbocycles. The van der Waals surface area contributed by atoms with Crippen molar-refractivity contribution in [2.75, 3.05) is 11.4 Å². The van der Waals surface area contributed by atoms with E-state index in [2.05, 4.69) is 15.9 Å². The van der Waals surface area contributed by atoms with Crippen LogP contribution in [0.1, 0.15) is 25.8 Å².